The summed E-state index contributed by atoms with van der Waals surface area (Å²) in [5.41, 5.74) is 1.09. The predicted octanol–water partition coefficient (Wildman–Crippen LogP) is 3.48. The molecule has 3 nitrogen and oxygen atoms in total. The maximum absolute atomic E-state index is 11.8. The number of nitrogens with zero attached hydrogens (tertiary/aromatic N) is 1. The Morgan fingerprint density at radius 1 is 1.11 bits per heavy atom. The lowest BCUT2D eigenvalue weighted by Gasteiger charge is -2.24. The molecule has 1 rings (SSSR count). The van der Waals surface area contributed by atoms with E-state index >= 15 is 0 Å². The molecule has 0 N–H and O–H groups in total. The van der Waals surface area contributed by atoms with Gasteiger partial charge in [-0.25, -0.2) is 8.42 Å². The second-order valence-electron chi connectivity index (χ2n) is 4.43. The van der Waals surface area contributed by atoms with Crippen molar-refractivity contribution in [3.8, 4) is 0 Å². The van der Waals surface area contributed by atoms with E-state index in [1.54, 1.807) is 19.1 Å². The molecule has 0 fully saturated rings. The number of alkyl halides is 1. The molecule has 0 saturated carbocycles. The minimum Gasteiger partial charge on any atom is -0.371 e. The van der Waals surface area contributed by atoms with Crippen LogP contribution in [0.2, 0.25) is 0 Å². The van der Waals surface area contributed by atoms with Crippen molar-refractivity contribution in [2.75, 3.05) is 29.1 Å². The SMILES string of the molecule is CCCCN(CCBr)c1ccc(S(=O)(=O)CC)cc1. The molecule has 0 aliphatic carbocycles. The minimum absolute atomic E-state index is 0.146. The zero-order valence-electron chi connectivity index (χ0n) is 11.6. The van der Waals surface area contributed by atoms with E-state index < -0.39 is 9.84 Å². The van der Waals surface area contributed by atoms with Crippen LogP contribution < -0.4 is 4.90 Å². The highest BCUT2D eigenvalue weighted by Crippen LogP contribution is 2.19. The first-order valence-corrected chi connectivity index (χ1v) is 9.46. The van der Waals surface area contributed by atoms with Crippen LogP contribution in [-0.4, -0.2) is 32.6 Å². The van der Waals surface area contributed by atoms with E-state index in [1.807, 2.05) is 12.1 Å². The van der Waals surface area contributed by atoms with Gasteiger partial charge in [0.2, 0.25) is 0 Å². The Hall–Kier alpha value is -0.550. The topological polar surface area (TPSA) is 37.4 Å². The molecule has 19 heavy (non-hydrogen) atoms. The van der Waals surface area contributed by atoms with E-state index in [0.29, 0.717) is 4.90 Å². The van der Waals surface area contributed by atoms with E-state index in [1.165, 1.54) is 0 Å². The lowest BCUT2D eigenvalue weighted by molar-refractivity contribution is 0.597. The molecule has 0 aliphatic rings. The highest BCUT2D eigenvalue weighted by atomic mass is 79.9. The zero-order valence-corrected chi connectivity index (χ0v) is 14.0. The number of rotatable bonds is 8. The van der Waals surface area contributed by atoms with Gasteiger partial charge in [-0.15, -0.1) is 0 Å². The van der Waals surface area contributed by atoms with Crippen LogP contribution in [0, 0.1) is 0 Å². The summed E-state index contributed by atoms with van der Waals surface area (Å²) in [4.78, 5) is 2.69. The maximum Gasteiger partial charge on any atom is 0.178 e. The summed E-state index contributed by atoms with van der Waals surface area (Å²) in [5, 5.41) is 0.908. The second-order valence-corrected chi connectivity index (χ2v) is 7.50. The first-order valence-electron chi connectivity index (χ1n) is 6.69. The summed E-state index contributed by atoms with van der Waals surface area (Å²) in [6.45, 7) is 5.77. The number of benzene rings is 1. The van der Waals surface area contributed by atoms with E-state index in [9.17, 15) is 8.42 Å². The summed E-state index contributed by atoms with van der Waals surface area (Å²) in [7, 11) is -3.10. The first-order chi connectivity index (χ1) is 9.05. The number of hydrogen-bond acceptors (Lipinski definition) is 3. The lowest BCUT2D eigenvalue weighted by Crippen LogP contribution is -2.26. The van der Waals surface area contributed by atoms with Crippen molar-refractivity contribution in [3.63, 3.8) is 0 Å². The molecule has 5 heteroatoms. The molecule has 0 aromatic heterocycles. The van der Waals surface area contributed by atoms with Gasteiger partial charge in [-0.1, -0.05) is 36.2 Å². The van der Waals surface area contributed by atoms with Crippen LogP contribution >= 0.6 is 15.9 Å². The molecule has 0 saturated heterocycles. The number of sulfone groups is 1. The number of hydrogen-bond donors (Lipinski definition) is 0. The van der Waals surface area contributed by atoms with Crippen molar-refractivity contribution < 1.29 is 8.42 Å². The minimum atomic E-state index is -3.10. The lowest BCUT2D eigenvalue weighted by atomic mass is 10.2. The third kappa shape index (κ3) is 4.80. The molecule has 1 aromatic carbocycles. The summed E-state index contributed by atoms with van der Waals surface area (Å²) in [5.74, 6) is 0.146. The Morgan fingerprint density at radius 3 is 2.21 bits per heavy atom. The van der Waals surface area contributed by atoms with Gasteiger partial charge in [-0.3, -0.25) is 0 Å². The van der Waals surface area contributed by atoms with Gasteiger partial charge in [0.05, 0.1) is 10.6 Å². The molecule has 0 unspecified atom stereocenters. The quantitative estimate of drug-likeness (QED) is 0.675. The fraction of sp³-hybridized carbons (Fsp3) is 0.571. The number of halogens is 1. The molecule has 0 heterocycles. The summed E-state index contributed by atoms with van der Waals surface area (Å²) in [6, 6.07) is 7.23. The third-order valence-electron chi connectivity index (χ3n) is 3.08. The average Bonchev–Trinajstić information content (AvgIpc) is 2.43. The Kier molecular flexibility index (Phi) is 6.86. The van der Waals surface area contributed by atoms with Crippen molar-refractivity contribution in [3.05, 3.63) is 24.3 Å². The van der Waals surface area contributed by atoms with Gasteiger partial charge in [0.15, 0.2) is 9.84 Å². The van der Waals surface area contributed by atoms with Crippen LogP contribution in [0.25, 0.3) is 0 Å². The highest BCUT2D eigenvalue weighted by Gasteiger charge is 2.12. The molecule has 0 amide bonds. The van der Waals surface area contributed by atoms with Crippen LogP contribution in [0.5, 0.6) is 0 Å². The highest BCUT2D eigenvalue weighted by molar-refractivity contribution is 9.09. The van der Waals surface area contributed by atoms with Crippen molar-refractivity contribution in [1.29, 1.82) is 0 Å². The fourth-order valence-corrected chi connectivity index (χ4v) is 3.16. The van der Waals surface area contributed by atoms with E-state index in [0.717, 1.165) is 36.9 Å². The Bertz CT molecular complexity index is 471. The summed E-state index contributed by atoms with van der Waals surface area (Å²) in [6.07, 6.45) is 2.29. The van der Waals surface area contributed by atoms with Crippen molar-refractivity contribution >= 4 is 31.5 Å². The van der Waals surface area contributed by atoms with E-state index in [2.05, 4.69) is 27.8 Å². The zero-order chi connectivity index (χ0) is 14.3. The van der Waals surface area contributed by atoms with E-state index in [-0.39, 0.29) is 5.75 Å². The predicted molar refractivity (Wildman–Crippen MR) is 85.1 cm³/mol. The van der Waals surface area contributed by atoms with Crippen molar-refractivity contribution in [1.82, 2.24) is 0 Å². The van der Waals surface area contributed by atoms with Crippen molar-refractivity contribution in [2.24, 2.45) is 0 Å². The van der Waals surface area contributed by atoms with Crippen LogP contribution in [-0.2, 0) is 9.84 Å². The van der Waals surface area contributed by atoms with Crippen LogP contribution in [0.3, 0.4) is 0 Å². The molecule has 0 spiro atoms. The molecule has 108 valence electrons. The Balaban J connectivity index is 2.88. The standard InChI is InChI=1S/C14H22BrNO2S/c1-3-5-11-16(12-10-15)13-6-8-14(9-7-13)19(17,18)4-2/h6-9H,3-5,10-12H2,1-2H3. The molecule has 0 aliphatic heterocycles. The average molecular weight is 348 g/mol. The van der Waals surface area contributed by atoms with Crippen LogP contribution in [0.15, 0.2) is 29.2 Å². The van der Waals surface area contributed by atoms with Crippen LogP contribution in [0.4, 0.5) is 5.69 Å². The molecule has 1 aromatic rings. The largest absolute Gasteiger partial charge is 0.371 e. The monoisotopic (exact) mass is 347 g/mol. The van der Waals surface area contributed by atoms with Gasteiger partial charge in [-0.05, 0) is 30.7 Å². The van der Waals surface area contributed by atoms with Crippen LogP contribution in [0.1, 0.15) is 26.7 Å². The first kappa shape index (κ1) is 16.5. The second kappa shape index (κ2) is 7.90. The number of unbranched alkanes of at least 4 members (excludes halogenated alkanes) is 1. The summed E-state index contributed by atoms with van der Waals surface area (Å²) < 4.78 is 23.5. The van der Waals surface area contributed by atoms with Gasteiger partial charge in [0.1, 0.15) is 0 Å². The van der Waals surface area contributed by atoms with E-state index in [4.69, 9.17) is 0 Å². The van der Waals surface area contributed by atoms with Crippen molar-refractivity contribution in [2.45, 2.75) is 31.6 Å². The third-order valence-corrected chi connectivity index (χ3v) is 5.18. The van der Waals surface area contributed by atoms with Gasteiger partial charge in [0.25, 0.3) is 0 Å². The Morgan fingerprint density at radius 2 is 1.74 bits per heavy atom. The summed E-state index contributed by atoms with van der Waals surface area (Å²) >= 11 is 3.46. The molecular weight excluding hydrogens is 326 g/mol. The molecular formula is C14H22BrNO2S. The van der Waals surface area contributed by atoms with Gasteiger partial charge in [0, 0.05) is 24.1 Å². The molecule has 0 bridgehead atoms. The van der Waals surface area contributed by atoms with Gasteiger partial charge < -0.3 is 4.90 Å². The normalized spacial score (nSPS) is 11.5. The number of anilines is 1. The molecule has 0 radical (unpaired) electrons. The smallest absolute Gasteiger partial charge is 0.178 e. The maximum atomic E-state index is 11.8. The van der Waals surface area contributed by atoms with Gasteiger partial charge in [-0.2, -0.15) is 0 Å². The fourth-order valence-electron chi connectivity index (χ4n) is 1.85. The van der Waals surface area contributed by atoms with Gasteiger partial charge >= 0.3 is 0 Å². The molecule has 0 atom stereocenters. The Labute approximate surface area is 125 Å².